The third kappa shape index (κ3) is 3.97. The Morgan fingerprint density at radius 3 is 2.43 bits per heavy atom. The Kier molecular flexibility index (Phi) is 5.03. The van der Waals surface area contributed by atoms with Gasteiger partial charge < -0.3 is 0 Å². The van der Waals surface area contributed by atoms with E-state index in [-0.39, 0.29) is 20.1 Å². The molecule has 2 atom stereocenters. The number of hydrogen-bond donors (Lipinski definition) is 1. The van der Waals surface area contributed by atoms with Crippen LogP contribution >= 0.6 is 22.9 Å². The number of aromatic nitrogens is 1. The average Bonchev–Trinajstić information content (AvgIpc) is 2.68. The van der Waals surface area contributed by atoms with Gasteiger partial charge in [0, 0.05) is 6.04 Å². The largest absolute Gasteiger partial charge is 0.252 e. The highest BCUT2D eigenvalue weighted by Gasteiger charge is 2.37. The number of nitrogens with one attached hydrogen (secondary N) is 1. The fraction of sp³-hybridized carbons (Fsp3) is 0.786. The van der Waals surface area contributed by atoms with Gasteiger partial charge in [0.2, 0.25) is 0 Å². The maximum atomic E-state index is 12.6. The van der Waals surface area contributed by atoms with Crippen molar-refractivity contribution in [2.75, 3.05) is 0 Å². The van der Waals surface area contributed by atoms with E-state index in [1.807, 2.05) is 0 Å². The number of sulfonamides is 1. The Morgan fingerprint density at radius 1 is 1.29 bits per heavy atom. The molecular formula is C14H23ClN2O2S2. The van der Waals surface area contributed by atoms with E-state index in [4.69, 9.17) is 11.6 Å². The van der Waals surface area contributed by atoms with Crippen molar-refractivity contribution in [2.24, 2.45) is 11.3 Å². The first kappa shape index (κ1) is 17.2. The predicted octanol–water partition coefficient (Wildman–Crippen LogP) is 3.99. The second kappa shape index (κ2) is 6.14. The molecule has 120 valence electrons. The van der Waals surface area contributed by atoms with Gasteiger partial charge in [-0.15, -0.1) is 0 Å². The molecule has 2 rings (SSSR count). The zero-order valence-electron chi connectivity index (χ0n) is 12.9. The second-order valence-electron chi connectivity index (χ2n) is 6.82. The molecule has 0 aromatic carbocycles. The van der Waals surface area contributed by atoms with Gasteiger partial charge in [-0.25, -0.2) is 18.1 Å². The number of aryl methyl sites for hydroxylation is 1. The molecule has 1 saturated carbocycles. The molecular weight excluding hydrogens is 328 g/mol. The van der Waals surface area contributed by atoms with Crippen LogP contribution in [0.15, 0.2) is 4.21 Å². The lowest BCUT2D eigenvalue weighted by atomic mass is 9.70. The molecule has 0 radical (unpaired) electrons. The Bertz CT molecular complexity index is 605. The first-order valence-corrected chi connectivity index (χ1v) is 9.94. The molecule has 0 amide bonds. The number of rotatable bonds is 3. The normalized spacial score (nSPS) is 24.2. The Labute approximate surface area is 136 Å². The van der Waals surface area contributed by atoms with Crippen LogP contribution in [0.3, 0.4) is 0 Å². The number of nitrogens with zero attached hydrogens (tertiary/aromatic N) is 1. The van der Waals surface area contributed by atoms with E-state index in [9.17, 15) is 8.42 Å². The molecule has 21 heavy (non-hydrogen) atoms. The minimum Gasteiger partial charge on any atom is -0.229 e. The van der Waals surface area contributed by atoms with E-state index >= 15 is 0 Å². The van der Waals surface area contributed by atoms with Crippen LogP contribution in [0.4, 0.5) is 0 Å². The lowest BCUT2D eigenvalue weighted by molar-refractivity contribution is 0.144. The molecule has 1 aromatic heterocycles. The number of hydrogen-bond acceptors (Lipinski definition) is 4. The van der Waals surface area contributed by atoms with Crippen molar-refractivity contribution in [3.63, 3.8) is 0 Å². The van der Waals surface area contributed by atoms with E-state index in [0.717, 1.165) is 30.6 Å². The zero-order chi connectivity index (χ0) is 15.8. The number of halogens is 1. The minimum absolute atomic E-state index is 0.0102. The van der Waals surface area contributed by atoms with E-state index in [1.54, 1.807) is 6.92 Å². The zero-order valence-corrected chi connectivity index (χ0v) is 15.3. The predicted molar refractivity (Wildman–Crippen MR) is 87.4 cm³/mol. The molecule has 0 spiro atoms. The summed E-state index contributed by atoms with van der Waals surface area (Å²) in [6.07, 6.45) is 4.21. The molecule has 1 heterocycles. The highest BCUT2D eigenvalue weighted by molar-refractivity contribution is 7.91. The Hall–Kier alpha value is -0.170. The van der Waals surface area contributed by atoms with Crippen LogP contribution < -0.4 is 4.72 Å². The number of thiazole rings is 1. The summed E-state index contributed by atoms with van der Waals surface area (Å²) >= 11 is 6.85. The molecule has 1 fully saturated rings. The van der Waals surface area contributed by atoms with Crippen molar-refractivity contribution in [3.05, 3.63) is 10.2 Å². The standard InChI is InChI=1S/C14H23ClN2O2S2/c1-9-12(20-13(15)16-9)21(18,19)17-11-8-6-5-7-10(11)14(2,3)4/h10-11,17H,5-8H2,1-4H3. The van der Waals surface area contributed by atoms with Crippen molar-refractivity contribution in [1.82, 2.24) is 9.71 Å². The topological polar surface area (TPSA) is 59.1 Å². The van der Waals surface area contributed by atoms with Crippen LogP contribution in [-0.2, 0) is 10.0 Å². The van der Waals surface area contributed by atoms with Crippen LogP contribution in [0.1, 0.15) is 52.1 Å². The van der Waals surface area contributed by atoms with Gasteiger partial charge in [0.1, 0.15) is 0 Å². The van der Waals surface area contributed by atoms with Gasteiger partial charge in [-0.05, 0) is 31.1 Å². The van der Waals surface area contributed by atoms with Crippen molar-refractivity contribution < 1.29 is 8.42 Å². The average molecular weight is 351 g/mol. The summed E-state index contributed by atoms with van der Waals surface area (Å²) in [6, 6.07) is -0.0102. The van der Waals surface area contributed by atoms with Gasteiger partial charge in [-0.1, -0.05) is 56.6 Å². The van der Waals surface area contributed by atoms with Gasteiger partial charge in [-0.2, -0.15) is 0 Å². The quantitative estimate of drug-likeness (QED) is 0.896. The van der Waals surface area contributed by atoms with Gasteiger partial charge in [0.15, 0.2) is 8.68 Å². The summed E-state index contributed by atoms with van der Waals surface area (Å²) in [4.78, 5) is 4.00. The molecule has 7 heteroatoms. The monoisotopic (exact) mass is 350 g/mol. The Morgan fingerprint density at radius 2 is 1.90 bits per heavy atom. The van der Waals surface area contributed by atoms with Crippen LogP contribution in [0.2, 0.25) is 4.47 Å². The summed E-state index contributed by atoms with van der Waals surface area (Å²) in [5.41, 5.74) is 0.564. The minimum atomic E-state index is -3.54. The SMILES string of the molecule is Cc1nc(Cl)sc1S(=O)(=O)NC1CCCCC1C(C)(C)C. The molecule has 2 unspecified atom stereocenters. The first-order chi connectivity index (χ1) is 9.61. The van der Waals surface area contributed by atoms with E-state index < -0.39 is 10.0 Å². The first-order valence-electron chi connectivity index (χ1n) is 7.26. The van der Waals surface area contributed by atoms with Gasteiger partial charge in [-0.3, -0.25) is 0 Å². The van der Waals surface area contributed by atoms with Crippen molar-refractivity contribution in [3.8, 4) is 0 Å². The van der Waals surface area contributed by atoms with E-state index in [1.165, 1.54) is 6.42 Å². The van der Waals surface area contributed by atoms with Crippen molar-refractivity contribution >= 4 is 33.0 Å². The maximum Gasteiger partial charge on any atom is 0.252 e. The van der Waals surface area contributed by atoms with Gasteiger partial charge in [0.25, 0.3) is 10.0 Å². The second-order valence-corrected chi connectivity index (χ2v) is 10.3. The third-order valence-corrected chi connectivity index (χ3v) is 7.52. The summed E-state index contributed by atoms with van der Waals surface area (Å²) in [5.74, 6) is 0.352. The lowest BCUT2D eigenvalue weighted by Crippen LogP contribution is -2.46. The molecule has 1 aromatic rings. The highest BCUT2D eigenvalue weighted by Crippen LogP contribution is 2.39. The van der Waals surface area contributed by atoms with E-state index in [0.29, 0.717) is 11.6 Å². The summed E-state index contributed by atoms with van der Waals surface area (Å²) < 4.78 is 28.6. The van der Waals surface area contributed by atoms with Crippen molar-refractivity contribution in [2.45, 2.75) is 63.6 Å². The van der Waals surface area contributed by atoms with Gasteiger partial charge >= 0.3 is 0 Å². The fourth-order valence-corrected chi connectivity index (χ4v) is 6.23. The molecule has 0 bridgehead atoms. The van der Waals surface area contributed by atoms with E-state index in [2.05, 4.69) is 30.5 Å². The van der Waals surface area contributed by atoms with Crippen LogP contribution in [0.25, 0.3) is 0 Å². The van der Waals surface area contributed by atoms with Gasteiger partial charge in [0.05, 0.1) is 5.69 Å². The molecule has 1 N–H and O–H groups in total. The summed E-state index contributed by atoms with van der Waals surface area (Å²) in [5, 5.41) is 0. The molecule has 4 nitrogen and oxygen atoms in total. The maximum absolute atomic E-state index is 12.6. The molecule has 0 aliphatic heterocycles. The van der Waals surface area contributed by atoms with Crippen molar-refractivity contribution in [1.29, 1.82) is 0 Å². The molecule has 0 saturated heterocycles. The van der Waals surface area contributed by atoms with Crippen LogP contribution in [-0.4, -0.2) is 19.4 Å². The summed E-state index contributed by atoms with van der Waals surface area (Å²) in [7, 11) is -3.54. The molecule has 1 aliphatic carbocycles. The molecule has 1 aliphatic rings. The van der Waals surface area contributed by atoms with Crippen LogP contribution in [0, 0.1) is 18.3 Å². The van der Waals surface area contributed by atoms with Crippen LogP contribution in [0.5, 0.6) is 0 Å². The fourth-order valence-electron chi connectivity index (χ4n) is 3.16. The lowest BCUT2D eigenvalue weighted by Gasteiger charge is -2.40. The summed E-state index contributed by atoms with van der Waals surface area (Å²) in [6.45, 7) is 8.22. The third-order valence-electron chi connectivity index (χ3n) is 4.16. The Balaban J connectivity index is 2.24. The highest BCUT2D eigenvalue weighted by atomic mass is 35.5. The smallest absolute Gasteiger partial charge is 0.229 e.